The fourth-order valence-corrected chi connectivity index (χ4v) is 4.91. The van der Waals surface area contributed by atoms with Gasteiger partial charge in [0, 0.05) is 38.0 Å². The molecule has 0 atom stereocenters. The predicted octanol–water partition coefficient (Wildman–Crippen LogP) is 3.17. The summed E-state index contributed by atoms with van der Waals surface area (Å²) >= 11 is 1.49. The smallest absolute Gasteiger partial charge is 0.264 e. The van der Waals surface area contributed by atoms with Crippen molar-refractivity contribution in [2.24, 2.45) is 0 Å². The van der Waals surface area contributed by atoms with Crippen molar-refractivity contribution in [2.75, 3.05) is 44.9 Å². The van der Waals surface area contributed by atoms with Crippen molar-refractivity contribution in [3.8, 4) is 5.75 Å². The van der Waals surface area contributed by atoms with Crippen molar-refractivity contribution in [1.29, 1.82) is 0 Å². The Morgan fingerprint density at radius 2 is 1.94 bits per heavy atom. The van der Waals surface area contributed by atoms with E-state index in [9.17, 15) is 4.79 Å². The van der Waals surface area contributed by atoms with Crippen LogP contribution in [0.1, 0.15) is 32.3 Å². The number of ether oxygens (including phenoxy) is 2. The van der Waals surface area contributed by atoms with Gasteiger partial charge in [-0.2, -0.15) is 0 Å². The van der Waals surface area contributed by atoms with E-state index in [-0.39, 0.29) is 5.91 Å². The molecule has 2 aliphatic rings. The lowest BCUT2D eigenvalue weighted by Crippen LogP contribution is -2.41. The third-order valence-corrected chi connectivity index (χ3v) is 6.79. The average molecular weight is 451 g/mol. The summed E-state index contributed by atoms with van der Waals surface area (Å²) in [5, 5.41) is 1.94. The normalized spacial score (nSPS) is 16.0. The molecular formula is C24H26N4O3S. The van der Waals surface area contributed by atoms with Crippen molar-refractivity contribution in [1.82, 2.24) is 14.9 Å². The zero-order chi connectivity index (χ0) is 21.9. The number of fused-ring (bicyclic) bond motifs is 1. The Labute approximate surface area is 191 Å². The number of amides is 1. The maximum Gasteiger partial charge on any atom is 0.264 e. The van der Waals surface area contributed by atoms with E-state index >= 15 is 0 Å². The Bertz CT molecular complexity index is 1080. The third-order valence-electron chi connectivity index (χ3n) is 5.94. The molecule has 3 aromatic rings. The number of nitrogens with zero attached hydrogens (tertiary/aromatic N) is 4. The van der Waals surface area contributed by atoms with Gasteiger partial charge in [-0.3, -0.25) is 4.79 Å². The molecular weight excluding hydrogens is 424 g/mol. The van der Waals surface area contributed by atoms with Crippen LogP contribution in [0.5, 0.6) is 5.75 Å². The van der Waals surface area contributed by atoms with E-state index in [1.165, 1.54) is 11.3 Å². The molecule has 2 aromatic heterocycles. The van der Waals surface area contributed by atoms with Crippen molar-refractivity contribution in [3.63, 3.8) is 0 Å². The van der Waals surface area contributed by atoms with Crippen LogP contribution in [0.4, 0.5) is 5.82 Å². The molecule has 0 N–H and O–H groups in total. The van der Waals surface area contributed by atoms with Gasteiger partial charge in [-0.15, -0.1) is 11.3 Å². The molecule has 5 rings (SSSR count). The minimum atomic E-state index is 0.0842. The van der Waals surface area contributed by atoms with Gasteiger partial charge < -0.3 is 19.3 Å². The lowest BCUT2D eigenvalue weighted by molar-refractivity contribution is 0.0737. The fraction of sp³-hybridized carbons (Fsp3) is 0.375. The molecule has 0 bridgehead atoms. The molecule has 0 radical (unpaired) electrons. The van der Waals surface area contributed by atoms with E-state index in [4.69, 9.17) is 19.4 Å². The topological polar surface area (TPSA) is 67.8 Å². The van der Waals surface area contributed by atoms with Crippen LogP contribution >= 0.6 is 11.3 Å². The number of aromatic nitrogens is 2. The number of carbonyl (C=O) groups excluding carboxylic acids is 1. The van der Waals surface area contributed by atoms with E-state index in [2.05, 4.69) is 17.0 Å². The van der Waals surface area contributed by atoms with Crippen LogP contribution in [-0.2, 0) is 24.1 Å². The number of rotatable bonds is 5. The van der Waals surface area contributed by atoms with Crippen LogP contribution in [0.15, 0.2) is 41.8 Å². The summed E-state index contributed by atoms with van der Waals surface area (Å²) in [6.07, 6.45) is 1.40. The van der Waals surface area contributed by atoms with Crippen LogP contribution in [-0.4, -0.2) is 60.7 Å². The lowest BCUT2D eigenvalue weighted by Gasteiger charge is -2.34. The highest BCUT2D eigenvalue weighted by Gasteiger charge is 2.29. The molecule has 166 valence electrons. The van der Waals surface area contributed by atoms with Gasteiger partial charge in [-0.05, 0) is 29.1 Å². The molecule has 1 saturated heterocycles. The number of hydrogen-bond donors (Lipinski definition) is 0. The standard InChI is InChI=1S/C24H26N4O3S/c1-30-18-6-4-17(5-7-18)15-22-25-20-8-9-28(24(29)21-3-2-14-32-21)16-19(20)23(26-22)27-10-12-31-13-11-27/h2-7,14H,8-13,15-16H2,1H3. The second kappa shape index (κ2) is 9.26. The predicted molar refractivity (Wildman–Crippen MR) is 124 cm³/mol. The number of morpholine rings is 1. The molecule has 32 heavy (non-hydrogen) atoms. The summed E-state index contributed by atoms with van der Waals surface area (Å²) in [6, 6.07) is 11.8. The lowest BCUT2D eigenvalue weighted by atomic mass is 10.0. The highest BCUT2D eigenvalue weighted by atomic mass is 32.1. The monoisotopic (exact) mass is 450 g/mol. The van der Waals surface area contributed by atoms with Crippen molar-refractivity contribution >= 4 is 23.1 Å². The summed E-state index contributed by atoms with van der Waals surface area (Å²) in [4.78, 5) is 27.9. The van der Waals surface area contributed by atoms with Crippen molar-refractivity contribution in [2.45, 2.75) is 19.4 Å². The molecule has 1 aromatic carbocycles. The molecule has 0 saturated carbocycles. The number of benzene rings is 1. The van der Waals surface area contributed by atoms with Crippen LogP contribution in [0.2, 0.25) is 0 Å². The summed E-state index contributed by atoms with van der Waals surface area (Å²) in [5.74, 6) is 2.68. The van der Waals surface area contributed by atoms with Gasteiger partial charge in [0.2, 0.25) is 0 Å². The van der Waals surface area contributed by atoms with Crippen molar-refractivity contribution < 1.29 is 14.3 Å². The first kappa shape index (κ1) is 20.9. The largest absolute Gasteiger partial charge is 0.497 e. The number of hydrogen-bond acceptors (Lipinski definition) is 7. The Kier molecular flexibility index (Phi) is 6.05. The van der Waals surface area contributed by atoms with E-state index < -0.39 is 0 Å². The molecule has 4 heterocycles. The van der Waals surface area contributed by atoms with Crippen LogP contribution in [0.3, 0.4) is 0 Å². The summed E-state index contributed by atoms with van der Waals surface area (Å²) in [6.45, 7) is 4.18. The van der Waals surface area contributed by atoms with Gasteiger partial charge >= 0.3 is 0 Å². The minimum absolute atomic E-state index is 0.0842. The van der Waals surface area contributed by atoms with Gasteiger partial charge in [-0.25, -0.2) is 9.97 Å². The molecule has 1 amide bonds. The molecule has 7 nitrogen and oxygen atoms in total. The molecule has 1 fully saturated rings. The average Bonchev–Trinajstić information content (AvgIpc) is 3.39. The fourth-order valence-electron chi connectivity index (χ4n) is 4.22. The second-order valence-electron chi connectivity index (χ2n) is 7.97. The first-order valence-corrected chi connectivity index (χ1v) is 11.8. The quantitative estimate of drug-likeness (QED) is 0.595. The molecule has 2 aliphatic heterocycles. The highest BCUT2D eigenvalue weighted by molar-refractivity contribution is 7.12. The van der Waals surface area contributed by atoms with Crippen molar-refractivity contribution in [3.05, 3.63) is 69.3 Å². The van der Waals surface area contributed by atoms with Crippen LogP contribution < -0.4 is 9.64 Å². The Morgan fingerprint density at radius 3 is 2.66 bits per heavy atom. The van der Waals surface area contributed by atoms with E-state index in [1.54, 1.807) is 7.11 Å². The third kappa shape index (κ3) is 4.33. The van der Waals surface area contributed by atoms with E-state index in [1.807, 2.05) is 34.5 Å². The highest BCUT2D eigenvalue weighted by Crippen LogP contribution is 2.29. The zero-order valence-corrected chi connectivity index (χ0v) is 18.9. The first-order chi connectivity index (χ1) is 15.7. The Hall–Kier alpha value is -2.97. The number of carbonyl (C=O) groups is 1. The number of thiophene rings is 1. The van der Waals surface area contributed by atoms with E-state index in [0.717, 1.165) is 58.6 Å². The number of methoxy groups -OCH3 is 1. The first-order valence-electron chi connectivity index (χ1n) is 10.9. The second-order valence-corrected chi connectivity index (χ2v) is 8.91. The van der Waals surface area contributed by atoms with Gasteiger partial charge in [0.1, 0.15) is 17.4 Å². The summed E-state index contributed by atoms with van der Waals surface area (Å²) in [7, 11) is 1.67. The van der Waals surface area contributed by atoms with Gasteiger partial charge in [0.25, 0.3) is 5.91 Å². The molecule has 0 aliphatic carbocycles. The Morgan fingerprint density at radius 1 is 1.12 bits per heavy atom. The van der Waals surface area contributed by atoms with Gasteiger partial charge in [0.15, 0.2) is 0 Å². The number of anilines is 1. The van der Waals surface area contributed by atoms with Gasteiger partial charge in [-0.1, -0.05) is 18.2 Å². The summed E-state index contributed by atoms with van der Waals surface area (Å²) in [5.41, 5.74) is 3.27. The maximum absolute atomic E-state index is 13.0. The minimum Gasteiger partial charge on any atom is -0.497 e. The SMILES string of the molecule is COc1ccc(Cc2nc3c(c(N4CCOCC4)n2)CN(C(=O)c2cccs2)CC3)cc1. The maximum atomic E-state index is 13.0. The summed E-state index contributed by atoms with van der Waals surface area (Å²) < 4.78 is 10.8. The van der Waals surface area contributed by atoms with Crippen LogP contribution in [0.25, 0.3) is 0 Å². The zero-order valence-electron chi connectivity index (χ0n) is 18.1. The molecule has 0 spiro atoms. The Balaban J connectivity index is 1.45. The van der Waals surface area contributed by atoms with Crippen LogP contribution in [0, 0.1) is 0 Å². The molecule has 0 unspecified atom stereocenters. The molecule has 8 heteroatoms. The van der Waals surface area contributed by atoms with Gasteiger partial charge in [0.05, 0.1) is 37.4 Å². The van der Waals surface area contributed by atoms with E-state index in [0.29, 0.717) is 32.7 Å².